The molecule has 0 unspecified atom stereocenters. The summed E-state index contributed by atoms with van der Waals surface area (Å²) in [5.74, 6) is 0.186. The van der Waals surface area contributed by atoms with Crippen LogP contribution in [-0.2, 0) is 11.8 Å². The van der Waals surface area contributed by atoms with Crippen molar-refractivity contribution in [2.75, 3.05) is 17.2 Å². The molecule has 0 fully saturated rings. The van der Waals surface area contributed by atoms with Crippen LogP contribution in [0.1, 0.15) is 10.5 Å². The molecule has 0 saturated heterocycles. The Bertz CT molecular complexity index is 691. The summed E-state index contributed by atoms with van der Waals surface area (Å²) >= 11 is 0. The summed E-state index contributed by atoms with van der Waals surface area (Å²) in [6, 6.07) is 8.66. The predicted molar refractivity (Wildman–Crippen MR) is 73.9 cm³/mol. The topological polar surface area (TPSA) is 72.4 Å². The lowest BCUT2D eigenvalue weighted by atomic mass is 10.2. The average molecular weight is 271 g/mol. The molecular formula is C14H13N3O3. The van der Waals surface area contributed by atoms with Gasteiger partial charge in [-0.15, -0.1) is 0 Å². The maximum atomic E-state index is 12.1. The molecule has 1 aromatic carbocycles. The Balaban J connectivity index is 1.82. The minimum Gasteiger partial charge on any atom is -0.482 e. The van der Waals surface area contributed by atoms with Crippen molar-refractivity contribution in [3.8, 4) is 5.75 Å². The summed E-state index contributed by atoms with van der Waals surface area (Å²) in [4.78, 5) is 23.3. The molecule has 2 aromatic rings. The number of hydrogen-bond acceptors (Lipinski definition) is 3. The van der Waals surface area contributed by atoms with Crippen molar-refractivity contribution in [1.29, 1.82) is 0 Å². The number of carbonyl (C=O) groups excluding carboxylic acids is 2. The molecule has 2 heterocycles. The highest BCUT2D eigenvalue weighted by Gasteiger charge is 2.17. The monoisotopic (exact) mass is 271 g/mol. The largest absolute Gasteiger partial charge is 0.482 e. The van der Waals surface area contributed by atoms with E-state index >= 15 is 0 Å². The number of aryl methyl sites for hydroxylation is 1. The standard InChI is InChI=1S/C14H13N3O3/c1-17-6-2-3-11(17)14(19)15-9-4-5-12-10(7-9)16-13(18)8-20-12/h2-7H,8H2,1H3,(H,15,19)(H,16,18). The minimum absolute atomic E-state index is 0.0159. The van der Waals surface area contributed by atoms with E-state index in [0.29, 0.717) is 22.8 Å². The van der Waals surface area contributed by atoms with Crippen molar-refractivity contribution in [2.45, 2.75) is 0 Å². The number of aromatic nitrogens is 1. The van der Waals surface area contributed by atoms with Gasteiger partial charge < -0.3 is 19.9 Å². The molecule has 0 saturated carbocycles. The highest BCUT2D eigenvalue weighted by Crippen LogP contribution is 2.30. The fraction of sp³-hybridized carbons (Fsp3) is 0.143. The van der Waals surface area contributed by atoms with Gasteiger partial charge in [-0.2, -0.15) is 0 Å². The molecule has 0 atom stereocenters. The number of benzene rings is 1. The van der Waals surface area contributed by atoms with Gasteiger partial charge in [0.15, 0.2) is 6.61 Å². The Kier molecular flexibility index (Phi) is 2.90. The summed E-state index contributed by atoms with van der Waals surface area (Å²) in [5.41, 5.74) is 1.72. The lowest BCUT2D eigenvalue weighted by Crippen LogP contribution is -2.25. The quantitative estimate of drug-likeness (QED) is 0.871. The van der Waals surface area contributed by atoms with Crippen LogP contribution in [0.25, 0.3) is 0 Å². The van der Waals surface area contributed by atoms with Crippen LogP contribution in [0.4, 0.5) is 11.4 Å². The van der Waals surface area contributed by atoms with Crippen LogP contribution in [0.15, 0.2) is 36.5 Å². The third kappa shape index (κ3) is 2.23. The molecule has 0 radical (unpaired) electrons. The third-order valence-corrected chi connectivity index (χ3v) is 3.05. The van der Waals surface area contributed by atoms with Gasteiger partial charge in [0.1, 0.15) is 11.4 Å². The predicted octanol–water partition coefficient (Wildman–Crippen LogP) is 1.61. The third-order valence-electron chi connectivity index (χ3n) is 3.05. The molecular weight excluding hydrogens is 258 g/mol. The van der Waals surface area contributed by atoms with Crippen LogP contribution >= 0.6 is 0 Å². The van der Waals surface area contributed by atoms with E-state index in [0.717, 1.165) is 0 Å². The van der Waals surface area contributed by atoms with Crippen LogP contribution in [0.2, 0.25) is 0 Å². The summed E-state index contributed by atoms with van der Waals surface area (Å²) in [6.07, 6.45) is 1.80. The molecule has 102 valence electrons. The van der Waals surface area contributed by atoms with E-state index in [9.17, 15) is 9.59 Å². The number of hydrogen-bond donors (Lipinski definition) is 2. The zero-order chi connectivity index (χ0) is 14.1. The Morgan fingerprint density at radius 1 is 1.40 bits per heavy atom. The van der Waals surface area contributed by atoms with Gasteiger partial charge in [0.05, 0.1) is 5.69 Å². The van der Waals surface area contributed by atoms with Crippen molar-refractivity contribution in [1.82, 2.24) is 4.57 Å². The van der Waals surface area contributed by atoms with Crippen molar-refractivity contribution in [2.24, 2.45) is 7.05 Å². The van der Waals surface area contributed by atoms with Gasteiger partial charge in [0.2, 0.25) is 0 Å². The van der Waals surface area contributed by atoms with Gasteiger partial charge in [-0.1, -0.05) is 0 Å². The second-order valence-electron chi connectivity index (χ2n) is 4.51. The normalized spacial score (nSPS) is 13.2. The maximum Gasteiger partial charge on any atom is 0.272 e. The number of nitrogens with zero attached hydrogens (tertiary/aromatic N) is 1. The molecule has 0 spiro atoms. The lowest BCUT2D eigenvalue weighted by Gasteiger charge is -2.18. The smallest absolute Gasteiger partial charge is 0.272 e. The first kappa shape index (κ1) is 12.3. The van der Waals surface area contributed by atoms with Gasteiger partial charge in [-0.3, -0.25) is 9.59 Å². The Labute approximate surface area is 115 Å². The van der Waals surface area contributed by atoms with Crippen molar-refractivity contribution in [3.05, 3.63) is 42.2 Å². The molecule has 1 aliphatic rings. The number of amides is 2. The van der Waals surface area contributed by atoms with Crippen LogP contribution in [0.3, 0.4) is 0 Å². The van der Waals surface area contributed by atoms with Gasteiger partial charge in [0, 0.05) is 18.9 Å². The molecule has 20 heavy (non-hydrogen) atoms. The van der Waals surface area contributed by atoms with E-state index in [-0.39, 0.29) is 18.4 Å². The molecule has 2 amide bonds. The zero-order valence-corrected chi connectivity index (χ0v) is 10.8. The number of ether oxygens (including phenoxy) is 1. The van der Waals surface area contributed by atoms with Crippen molar-refractivity contribution >= 4 is 23.2 Å². The zero-order valence-electron chi connectivity index (χ0n) is 10.8. The van der Waals surface area contributed by atoms with Crippen LogP contribution in [-0.4, -0.2) is 23.0 Å². The lowest BCUT2D eigenvalue weighted by molar-refractivity contribution is -0.118. The van der Waals surface area contributed by atoms with E-state index in [2.05, 4.69) is 10.6 Å². The van der Waals surface area contributed by atoms with Crippen molar-refractivity contribution < 1.29 is 14.3 Å². The maximum absolute atomic E-state index is 12.1. The number of anilines is 2. The van der Waals surface area contributed by atoms with E-state index in [1.807, 2.05) is 0 Å². The summed E-state index contributed by atoms with van der Waals surface area (Å²) < 4.78 is 6.99. The molecule has 1 aromatic heterocycles. The highest BCUT2D eigenvalue weighted by atomic mass is 16.5. The molecule has 1 aliphatic heterocycles. The average Bonchev–Trinajstić information content (AvgIpc) is 2.84. The first-order chi connectivity index (χ1) is 9.63. The SMILES string of the molecule is Cn1cccc1C(=O)Nc1ccc2c(c1)NC(=O)CO2. The number of rotatable bonds is 2. The molecule has 0 bridgehead atoms. The Morgan fingerprint density at radius 2 is 2.25 bits per heavy atom. The van der Waals surface area contributed by atoms with E-state index in [4.69, 9.17) is 4.74 Å². The first-order valence-electron chi connectivity index (χ1n) is 6.13. The van der Waals surface area contributed by atoms with Crippen molar-refractivity contribution in [3.63, 3.8) is 0 Å². The Morgan fingerprint density at radius 3 is 3.00 bits per heavy atom. The Hall–Kier alpha value is -2.76. The van der Waals surface area contributed by atoms with Crippen LogP contribution < -0.4 is 15.4 Å². The molecule has 6 nitrogen and oxygen atoms in total. The van der Waals surface area contributed by atoms with E-state index < -0.39 is 0 Å². The van der Waals surface area contributed by atoms with Gasteiger partial charge in [-0.25, -0.2) is 0 Å². The van der Waals surface area contributed by atoms with E-state index in [1.165, 1.54) is 0 Å². The second kappa shape index (κ2) is 4.73. The second-order valence-corrected chi connectivity index (χ2v) is 4.51. The molecule has 6 heteroatoms. The molecule has 2 N–H and O–H groups in total. The van der Waals surface area contributed by atoms with E-state index in [1.54, 1.807) is 48.1 Å². The summed E-state index contributed by atoms with van der Waals surface area (Å²) in [7, 11) is 1.80. The van der Waals surface area contributed by atoms with Gasteiger partial charge in [-0.05, 0) is 30.3 Å². The fourth-order valence-electron chi connectivity index (χ4n) is 2.05. The van der Waals surface area contributed by atoms with Crippen LogP contribution in [0.5, 0.6) is 5.75 Å². The van der Waals surface area contributed by atoms with Gasteiger partial charge >= 0.3 is 0 Å². The number of fused-ring (bicyclic) bond motifs is 1. The summed E-state index contributed by atoms with van der Waals surface area (Å²) in [6.45, 7) is 0.0159. The summed E-state index contributed by atoms with van der Waals surface area (Å²) in [5, 5.41) is 5.48. The highest BCUT2D eigenvalue weighted by molar-refractivity contribution is 6.04. The van der Waals surface area contributed by atoms with Crippen LogP contribution in [0, 0.1) is 0 Å². The first-order valence-corrected chi connectivity index (χ1v) is 6.13. The van der Waals surface area contributed by atoms with Gasteiger partial charge in [0.25, 0.3) is 11.8 Å². The molecule has 3 rings (SSSR count). The fourth-order valence-corrected chi connectivity index (χ4v) is 2.05. The minimum atomic E-state index is -0.208. The number of carbonyl (C=O) groups is 2. The molecule has 0 aliphatic carbocycles. The number of nitrogens with one attached hydrogen (secondary N) is 2.